The third-order valence-electron chi connectivity index (χ3n) is 2.01. The van der Waals surface area contributed by atoms with Crippen molar-refractivity contribution < 1.29 is 56.0 Å². The molecule has 0 atom stereocenters. The third kappa shape index (κ3) is 93.4. The first-order valence-corrected chi connectivity index (χ1v) is 8.01. The fourth-order valence-corrected chi connectivity index (χ4v) is 0.591. The molecule has 0 aromatic heterocycles. The smallest absolute Gasteiger partial charge is 0.854 e. The van der Waals surface area contributed by atoms with Crippen molar-refractivity contribution in [3.8, 4) is 0 Å². The van der Waals surface area contributed by atoms with Crippen LogP contribution in [0.1, 0.15) is 79.1 Å². The SMILES string of the molecule is CCCCO.CCCC[O-].CCCC[O-].CCCC[O-].[La+3]. The minimum atomic E-state index is 0. The van der Waals surface area contributed by atoms with Crippen LogP contribution < -0.4 is 15.3 Å². The summed E-state index contributed by atoms with van der Waals surface area (Å²) in [6, 6.07) is 0. The van der Waals surface area contributed by atoms with Crippen LogP contribution in [-0.4, -0.2) is 31.5 Å². The van der Waals surface area contributed by atoms with E-state index in [0.29, 0.717) is 6.61 Å². The standard InChI is InChI=1S/C4H10O.3C4H9O.La/c4*1-2-3-4-5;/h5H,2-4H2,1H3;3*2-4H2,1H3;/q;3*-1;+3. The second kappa shape index (κ2) is 49.7. The minimum absolute atomic E-state index is 0. The minimum Gasteiger partial charge on any atom is -0.854 e. The van der Waals surface area contributed by atoms with E-state index in [9.17, 15) is 15.3 Å². The fourth-order valence-electron chi connectivity index (χ4n) is 0.591. The van der Waals surface area contributed by atoms with E-state index in [1.165, 1.54) is 0 Å². The second-order valence-electron chi connectivity index (χ2n) is 4.25. The van der Waals surface area contributed by atoms with Crippen LogP contribution >= 0.6 is 0 Å². The van der Waals surface area contributed by atoms with Crippen LogP contribution in [0.5, 0.6) is 0 Å². The van der Waals surface area contributed by atoms with Gasteiger partial charge in [0, 0.05) is 6.61 Å². The van der Waals surface area contributed by atoms with Crippen molar-refractivity contribution in [3.63, 3.8) is 0 Å². The summed E-state index contributed by atoms with van der Waals surface area (Å²) in [5.41, 5.74) is 0. The molecule has 0 rings (SSSR count). The molecule has 0 heterocycles. The van der Waals surface area contributed by atoms with E-state index in [0.717, 1.165) is 51.4 Å². The zero-order valence-corrected chi connectivity index (χ0v) is 18.4. The molecule has 4 nitrogen and oxygen atoms in total. The largest absolute Gasteiger partial charge is 3.00 e. The molecule has 1 N–H and O–H groups in total. The predicted molar refractivity (Wildman–Crippen MR) is 81.3 cm³/mol. The predicted octanol–water partition coefficient (Wildman–Crippen LogP) is 1.22. The summed E-state index contributed by atoms with van der Waals surface area (Å²) in [6.07, 6.45) is 7.63. The van der Waals surface area contributed by atoms with E-state index < -0.39 is 0 Å². The number of unbranched alkanes of at least 4 members (excludes halogenated alkanes) is 4. The molecule has 0 fully saturated rings. The van der Waals surface area contributed by atoms with Crippen molar-refractivity contribution in [2.45, 2.75) is 79.1 Å². The summed E-state index contributed by atoms with van der Waals surface area (Å²) in [5.74, 6) is 0. The van der Waals surface area contributed by atoms with Gasteiger partial charge in [0.05, 0.1) is 0 Å². The van der Waals surface area contributed by atoms with Crippen LogP contribution in [0.15, 0.2) is 0 Å². The summed E-state index contributed by atoms with van der Waals surface area (Å²) in [7, 11) is 0. The van der Waals surface area contributed by atoms with Gasteiger partial charge in [-0.05, 0) is 6.42 Å². The van der Waals surface area contributed by atoms with Gasteiger partial charge in [0.15, 0.2) is 0 Å². The first-order chi connectivity index (χ1) is 9.66. The molecule has 0 bridgehead atoms. The fraction of sp³-hybridized carbons (Fsp3) is 1.00. The molecular weight excluding hydrogens is 395 g/mol. The molecule has 0 amide bonds. The van der Waals surface area contributed by atoms with Crippen molar-refractivity contribution in [2.24, 2.45) is 0 Å². The summed E-state index contributed by atoms with van der Waals surface area (Å²) in [6.45, 7) is 8.71. The topological polar surface area (TPSA) is 89.4 Å². The van der Waals surface area contributed by atoms with Gasteiger partial charge in [-0.15, -0.1) is 19.8 Å². The summed E-state index contributed by atoms with van der Waals surface area (Å²) >= 11 is 0. The summed E-state index contributed by atoms with van der Waals surface area (Å²) in [4.78, 5) is 0. The molecule has 21 heavy (non-hydrogen) atoms. The molecule has 0 saturated carbocycles. The van der Waals surface area contributed by atoms with Crippen LogP contribution in [-0.2, 0) is 0 Å². The number of aliphatic hydroxyl groups is 1. The Bertz CT molecular complexity index is 74.3. The van der Waals surface area contributed by atoms with Gasteiger partial charge in [-0.25, -0.2) is 0 Å². The number of rotatable bonds is 8. The van der Waals surface area contributed by atoms with Crippen molar-refractivity contribution in [2.75, 3.05) is 26.4 Å². The van der Waals surface area contributed by atoms with E-state index in [1.54, 1.807) is 0 Å². The van der Waals surface area contributed by atoms with Gasteiger partial charge < -0.3 is 20.4 Å². The number of hydrogen-bond acceptors (Lipinski definition) is 4. The van der Waals surface area contributed by atoms with Crippen LogP contribution in [0.25, 0.3) is 0 Å². The van der Waals surface area contributed by atoms with Crippen molar-refractivity contribution >= 4 is 0 Å². The Morgan fingerprint density at radius 3 is 0.810 bits per heavy atom. The summed E-state index contributed by atoms with van der Waals surface area (Å²) in [5, 5.41) is 36.7. The first-order valence-electron chi connectivity index (χ1n) is 8.01. The van der Waals surface area contributed by atoms with Gasteiger partial charge >= 0.3 is 35.6 Å². The van der Waals surface area contributed by atoms with E-state index in [-0.39, 0.29) is 55.4 Å². The van der Waals surface area contributed by atoms with Gasteiger partial charge in [-0.2, -0.15) is 0 Å². The molecule has 5 heteroatoms. The maximum absolute atomic E-state index is 9.53. The van der Waals surface area contributed by atoms with Gasteiger partial charge in [0.2, 0.25) is 0 Å². The molecular formula is C16H37LaO4. The van der Waals surface area contributed by atoms with Gasteiger partial charge in [-0.1, -0.05) is 72.6 Å². The molecule has 0 aromatic rings. The Kier molecular flexibility index (Phi) is 79.5. The van der Waals surface area contributed by atoms with Crippen LogP contribution in [0.4, 0.5) is 0 Å². The quantitative estimate of drug-likeness (QED) is 0.625. The van der Waals surface area contributed by atoms with Gasteiger partial charge in [0.1, 0.15) is 0 Å². The van der Waals surface area contributed by atoms with Crippen molar-refractivity contribution in [1.82, 2.24) is 0 Å². The van der Waals surface area contributed by atoms with Crippen molar-refractivity contribution in [3.05, 3.63) is 0 Å². The zero-order chi connectivity index (χ0) is 16.5. The Labute approximate surface area is 161 Å². The van der Waals surface area contributed by atoms with Gasteiger partial charge in [0.25, 0.3) is 0 Å². The second-order valence-corrected chi connectivity index (χ2v) is 4.25. The van der Waals surface area contributed by atoms with Crippen LogP contribution in [0, 0.1) is 35.6 Å². The first kappa shape index (κ1) is 33.6. The molecule has 0 aliphatic rings. The average molecular weight is 432 g/mol. The van der Waals surface area contributed by atoms with Gasteiger partial charge in [-0.3, -0.25) is 0 Å². The number of hydrogen-bond donors (Lipinski definition) is 1. The maximum Gasteiger partial charge on any atom is 3.00 e. The molecule has 0 spiro atoms. The Hall–Kier alpha value is 1.03. The zero-order valence-electron chi connectivity index (χ0n) is 14.7. The molecule has 0 aliphatic carbocycles. The monoisotopic (exact) mass is 432 g/mol. The Morgan fingerprint density at radius 1 is 0.571 bits per heavy atom. The average Bonchev–Trinajstić information content (AvgIpc) is 2.44. The normalized spacial score (nSPS) is 8.00. The van der Waals surface area contributed by atoms with E-state index in [2.05, 4.69) is 6.92 Å². The van der Waals surface area contributed by atoms with Crippen molar-refractivity contribution in [1.29, 1.82) is 0 Å². The molecule has 128 valence electrons. The van der Waals surface area contributed by atoms with E-state index in [4.69, 9.17) is 5.11 Å². The molecule has 0 aromatic carbocycles. The summed E-state index contributed by atoms with van der Waals surface area (Å²) < 4.78 is 0. The molecule has 0 radical (unpaired) electrons. The molecule has 0 aliphatic heterocycles. The Morgan fingerprint density at radius 2 is 0.810 bits per heavy atom. The van der Waals surface area contributed by atoms with E-state index in [1.807, 2.05) is 20.8 Å². The van der Waals surface area contributed by atoms with Crippen LogP contribution in [0.3, 0.4) is 0 Å². The molecule has 0 unspecified atom stereocenters. The molecule has 0 saturated heterocycles. The third-order valence-corrected chi connectivity index (χ3v) is 2.01. The Balaban J connectivity index is -0.0000000533. The maximum atomic E-state index is 9.53. The number of aliphatic hydroxyl groups excluding tert-OH is 1. The van der Waals surface area contributed by atoms with Crippen LogP contribution in [0.2, 0.25) is 0 Å². The van der Waals surface area contributed by atoms with E-state index >= 15 is 0 Å².